The number of hydrogen-bond acceptors (Lipinski definition) is 7. The fourth-order valence-corrected chi connectivity index (χ4v) is 7.69. The van der Waals surface area contributed by atoms with Crippen LogP contribution in [0.1, 0.15) is 61.0 Å². The molecule has 4 aliphatic carbocycles. The zero-order valence-electron chi connectivity index (χ0n) is 19.7. The van der Waals surface area contributed by atoms with E-state index in [9.17, 15) is 9.90 Å². The Morgan fingerprint density at radius 1 is 1.12 bits per heavy atom. The Morgan fingerprint density at radius 3 is 2.50 bits per heavy atom. The molecule has 1 aliphatic heterocycles. The van der Waals surface area contributed by atoms with Gasteiger partial charge in [-0.2, -0.15) is 0 Å². The van der Waals surface area contributed by atoms with E-state index in [1.54, 1.807) is 0 Å². The number of aromatic nitrogens is 2. The zero-order valence-corrected chi connectivity index (χ0v) is 19.7. The van der Waals surface area contributed by atoms with Gasteiger partial charge in [-0.05, 0) is 86.5 Å². The third kappa shape index (κ3) is 3.59. The predicted molar refractivity (Wildman–Crippen MR) is 132 cm³/mol. The summed E-state index contributed by atoms with van der Waals surface area (Å²) < 4.78 is 0. The third-order valence-corrected chi connectivity index (χ3v) is 8.80. The predicted octanol–water partition coefficient (Wildman–Crippen LogP) is 2.53. The first-order valence-electron chi connectivity index (χ1n) is 12.6. The summed E-state index contributed by atoms with van der Waals surface area (Å²) in [6.45, 7) is 4.63. The van der Waals surface area contributed by atoms with Gasteiger partial charge >= 0.3 is 0 Å². The number of piperazine rings is 1. The molecule has 8 heteroatoms. The van der Waals surface area contributed by atoms with Gasteiger partial charge in [0.25, 0.3) is 5.91 Å². The molecule has 34 heavy (non-hydrogen) atoms. The first-order valence-corrected chi connectivity index (χ1v) is 12.6. The lowest BCUT2D eigenvalue weighted by Crippen LogP contribution is -2.54. The molecule has 0 aromatic carbocycles. The minimum absolute atomic E-state index is 0.209. The lowest BCUT2D eigenvalue weighted by atomic mass is 9.49. The molecule has 180 valence electrons. The zero-order chi connectivity index (χ0) is 23.6. The number of carbonyl (C=O) groups is 1. The van der Waals surface area contributed by atoms with Crippen molar-refractivity contribution in [1.29, 1.82) is 0 Å². The highest BCUT2D eigenvalue weighted by atomic mass is 16.3. The van der Waals surface area contributed by atoms with Crippen LogP contribution >= 0.6 is 0 Å². The summed E-state index contributed by atoms with van der Waals surface area (Å²) in [7, 11) is 0. The minimum atomic E-state index is -0.498. The van der Waals surface area contributed by atoms with Crippen molar-refractivity contribution in [3.05, 3.63) is 41.7 Å². The monoisotopic (exact) mass is 462 g/mol. The normalized spacial score (nSPS) is 34.5. The number of aliphatic hydroxyl groups is 1. The van der Waals surface area contributed by atoms with E-state index in [2.05, 4.69) is 33.8 Å². The number of primary amides is 1. The molecule has 1 saturated heterocycles. The Balaban J connectivity index is 1.25. The van der Waals surface area contributed by atoms with Gasteiger partial charge in [0.1, 0.15) is 17.3 Å². The largest absolute Gasteiger partial charge is 0.390 e. The molecule has 0 spiro atoms. The third-order valence-electron chi connectivity index (χ3n) is 8.80. The Bertz CT molecular complexity index is 1090. The van der Waals surface area contributed by atoms with E-state index in [1.807, 2.05) is 18.3 Å². The van der Waals surface area contributed by atoms with Gasteiger partial charge in [-0.3, -0.25) is 4.79 Å². The molecular weight excluding hydrogens is 428 g/mol. The average molecular weight is 463 g/mol. The number of nitrogen functional groups attached to an aromatic ring is 1. The van der Waals surface area contributed by atoms with Crippen LogP contribution in [0.3, 0.4) is 0 Å². The second-order valence-corrected chi connectivity index (χ2v) is 11.1. The van der Waals surface area contributed by atoms with Crippen LogP contribution < -0.4 is 21.3 Å². The number of nitrogens with two attached hydrogens (primary N) is 2. The van der Waals surface area contributed by atoms with Gasteiger partial charge in [0.15, 0.2) is 0 Å². The lowest BCUT2D eigenvalue weighted by molar-refractivity contribution is -0.134. The first-order chi connectivity index (χ1) is 16.3. The molecule has 1 amide bonds. The van der Waals surface area contributed by atoms with Crippen LogP contribution in [0.25, 0.3) is 0 Å². The van der Waals surface area contributed by atoms with Crippen LogP contribution in [0.5, 0.6) is 0 Å². The molecule has 4 bridgehead atoms. The van der Waals surface area contributed by atoms with Crippen LogP contribution in [-0.2, 0) is 0 Å². The highest BCUT2D eigenvalue weighted by molar-refractivity contribution is 5.93. The number of amides is 1. The Hall–Kier alpha value is -2.87. The van der Waals surface area contributed by atoms with E-state index in [0.717, 1.165) is 68.8 Å². The second kappa shape index (κ2) is 7.83. The molecule has 4 saturated carbocycles. The van der Waals surface area contributed by atoms with E-state index in [0.29, 0.717) is 29.3 Å². The molecule has 2 aromatic heterocycles. The summed E-state index contributed by atoms with van der Waals surface area (Å²) in [5, 5.41) is 11.0. The number of carbonyl (C=O) groups excluding carboxylic acids is 1. The van der Waals surface area contributed by atoms with Crippen molar-refractivity contribution in [2.45, 2.75) is 56.6 Å². The van der Waals surface area contributed by atoms with Gasteiger partial charge in [0.2, 0.25) is 0 Å². The number of nitrogens with zero attached hydrogens (tertiary/aromatic N) is 4. The SMILES string of the molecule is CC1CN(c2ccc(N)nc2)CCN1c1ccc(C2C3CC4CC2CC(O)(C4)C3)c(C(N)=O)n1. The molecular formula is C26H34N6O2. The summed E-state index contributed by atoms with van der Waals surface area (Å²) in [4.78, 5) is 26.2. The minimum Gasteiger partial charge on any atom is -0.390 e. The molecule has 3 unspecified atom stereocenters. The molecule has 8 nitrogen and oxygen atoms in total. The van der Waals surface area contributed by atoms with Gasteiger partial charge in [-0.25, -0.2) is 9.97 Å². The van der Waals surface area contributed by atoms with Crippen LogP contribution in [0.4, 0.5) is 17.3 Å². The quantitative estimate of drug-likeness (QED) is 0.638. The maximum Gasteiger partial charge on any atom is 0.267 e. The smallest absolute Gasteiger partial charge is 0.267 e. The van der Waals surface area contributed by atoms with Gasteiger partial charge in [-0.15, -0.1) is 0 Å². The van der Waals surface area contributed by atoms with Crippen molar-refractivity contribution >= 4 is 23.2 Å². The topological polar surface area (TPSA) is 122 Å². The van der Waals surface area contributed by atoms with Crippen molar-refractivity contribution in [2.75, 3.05) is 35.2 Å². The summed E-state index contributed by atoms with van der Waals surface area (Å²) in [5.74, 6) is 2.60. The maximum atomic E-state index is 12.6. The summed E-state index contributed by atoms with van der Waals surface area (Å²) >= 11 is 0. The fraction of sp³-hybridized carbons (Fsp3) is 0.577. The van der Waals surface area contributed by atoms with Crippen LogP contribution in [-0.4, -0.2) is 52.3 Å². The first kappa shape index (κ1) is 21.6. The van der Waals surface area contributed by atoms with Crippen LogP contribution in [0, 0.1) is 17.8 Å². The fourth-order valence-electron chi connectivity index (χ4n) is 7.69. The number of rotatable bonds is 4. The molecule has 3 atom stereocenters. The second-order valence-electron chi connectivity index (χ2n) is 11.1. The van der Waals surface area contributed by atoms with E-state index in [-0.39, 0.29) is 12.0 Å². The molecule has 3 heterocycles. The highest BCUT2D eigenvalue weighted by Gasteiger charge is 2.55. The molecule has 5 aliphatic rings. The number of hydrogen-bond donors (Lipinski definition) is 3. The Labute approximate surface area is 200 Å². The van der Waals surface area contributed by atoms with Gasteiger partial charge in [-0.1, -0.05) is 6.07 Å². The Kier molecular flexibility index (Phi) is 4.99. The summed E-state index contributed by atoms with van der Waals surface area (Å²) in [6.07, 6.45) is 6.72. The number of pyridine rings is 2. The molecule has 2 aromatic rings. The molecule has 5 fully saturated rings. The van der Waals surface area contributed by atoms with Crippen LogP contribution in [0.15, 0.2) is 30.5 Å². The van der Waals surface area contributed by atoms with E-state index in [1.165, 1.54) is 0 Å². The van der Waals surface area contributed by atoms with Crippen LogP contribution in [0.2, 0.25) is 0 Å². The maximum absolute atomic E-state index is 12.6. The molecule has 5 N–H and O–H groups in total. The molecule has 0 radical (unpaired) electrons. The van der Waals surface area contributed by atoms with Gasteiger partial charge in [0.05, 0.1) is 17.5 Å². The van der Waals surface area contributed by atoms with E-state index >= 15 is 0 Å². The van der Waals surface area contributed by atoms with Crippen molar-refractivity contribution < 1.29 is 9.90 Å². The van der Waals surface area contributed by atoms with Crippen molar-refractivity contribution in [1.82, 2.24) is 9.97 Å². The van der Waals surface area contributed by atoms with E-state index in [4.69, 9.17) is 16.5 Å². The standard InChI is InChI=1S/C26H34N6O2/c1-15-14-31(19-2-4-21(27)29-13-19)6-7-32(15)22-5-3-20(24(30-22)25(28)33)23-17-8-16-9-18(23)12-26(34,10-16)11-17/h2-5,13,15-18,23,34H,6-12,14H2,1H3,(H2,27,29)(H2,28,33). The number of anilines is 3. The van der Waals surface area contributed by atoms with E-state index < -0.39 is 11.5 Å². The van der Waals surface area contributed by atoms with Gasteiger partial charge < -0.3 is 26.4 Å². The van der Waals surface area contributed by atoms with Crippen molar-refractivity contribution in [3.63, 3.8) is 0 Å². The average Bonchev–Trinajstić information content (AvgIpc) is 2.78. The van der Waals surface area contributed by atoms with Crippen molar-refractivity contribution in [3.8, 4) is 0 Å². The van der Waals surface area contributed by atoms with Crippen molar-refractivity contribution in [2.24, 2.45) is 23.5 Å². The summed E-state index contributed by atoms with van der Waals surface area (Å²) in [6, 6.07) is 8.21. The molecule has 7 rings (SSSR count). The van der Waals surface area contributed by atoms with Gasteiger partial charge in [0, 0.05) is 25.7 Å². The lowest BCUT2D eigenvalue weighted by Gasteiger charge is -2.58. The summed E-state index contributed by atoms with van der Waals surface area (Å²) in [5.41, 5.74) is 13.6. The Morgan fingerprint density at radius 2 is 1.88 bits per heavy atom. The highest BCUT2D eigenvalue weighted by Crippen LogP contribution is 2.61.